The molecule has 0 unspecified atom stereocenters. The third kappa shape index (κ3) is 4.69. The third-order valence-corrected chi connectivity index (χ3v) is 5.79. The molecule has 0 aliphatic carbocycles. The maximum atomic E-state index is 12.4. The molecule has 0 bridgehead atoms. The van der Waals surface area contributed by atoms with Gasteiger partial charge in [0.05, 0.1) is 10.6 Å². The molecule has 3 rings (SSSR count). The number of aromatic hydroxyl groups is 1. The summed E-state index contributed by atoms with van der Waals surface area (Å²) in [4.78, 5) is 11.2. The Morgan fingerprint density at radius 1 is 0.893 bits per heavy atom. The Labute approximate surface area is 162 Å². The van der Waals surface area contributed by atoms with Crippen LogP contribution in [0.4, 0.5) is 0 Å². The third-order valence-electron chi connectivity index (χ3n) is 4.09. The number of sulfone groups is 1. The van der Waals surface area contributed by atoms with E-state index < -0.39 is 15.8 Å². The second-order valence-corrected chi connectivity index (χ2v) is 8.15. The summed E-state index contributed by atoms with van der Waals surface area (Å²) in [6.45, 7) is 0.192. The van der Waals surface area contributed by atoms with Crippen LogP contribution in [0.25, 0.3) is 0 Å². The van der Waals surface area contributed by atoms with Gasteiger partial charge in [-0.2, -0.15) is 0 Å². The van der Waals surface area contributed by atoms with Crippen LogP contribution in [0.1, 0.15) is 21.5 Å². The highest BCUT2D eigenvalue weighted by atomic mass is 32.2. The fraction of sp³-hybridized carbons (Fsp3) is 0.0952. The number of ether oxygens (including phenoxy) is 1. The normalized spacial score (nSPS) is 11.1. The van der Waals surface area contributed by atoms with Gasteiger partial charge in [-0.25, -0.2) is 13.2 Å². The number of hydrogen-bond acceptors (Lipinski definition) is 5. The molecule has 3 aromatic rings. The molecule has 0 saturated heterocycles. The van der Waals surface area contributed by atoms with Crippen LogP contribution in [0.15, 0.2) is 77.7 Å². The molecule has 144 valence electrons. The van der Waals surface area contributed by atoms with Crippen LogP contribution in [0.5, 0.6) is 11.5 Å². The Kier molecular flexibility index (Phi) is 5.65. The molecular weight excluding hydrogens is 380 g/mol. The van der Waals surface area contributed by atoms with Crippen LogP contribution >= 0.6 is 0 Å². The predicted octanol–water partition coefficient (Wildman–Crippen LogP) is 3.64. The van der Waals surface area contributed by atoms with Crippen molar-refractivity contribution in [2.24, 2.45) is 0 Å². The van der Waals surface area contributed by atoms with Gasteiger partial charge in [0.15, 0.2) is 9.84 Å². The minimum Gasteiger partial charge on any atom is -0.507 e. The molecule has 2 N–H and O–H groups in total. The number of carboxylic acids is 1. The van der Waals surface area contributed by atoms with E-state index in [0.29, 0.717) is 11.3 Å². The second kappa shape index (κ2) is 8.14. The van der Waals surface area contributed by atoms with Crippen molar-refractivity contribution in [1.29, 1.82) is 0 Å². The van der Waals surface area contributed by atoms with E-state index in [9.17, 15) is 18.3 Å². The van der Waals surface area contributed by atoms with Gasteiger partial charge >= 0.3 is 5.97 Å². The van der Waals surface area contributed by atoms with Crippen molar-refractivity contribution in [3.8, 4) is 11.5 Å². The zero-order chi connectivity index (χ0) is 20.1. The van der Waals surface area contributed by atoms with E-state index >= 15 is 0 Å². The lowest BCUT2D eigenvalue weighted by Crippen LogP contribution is -2.05. The lowest BCUT2D eigenvalue weighted by molar-refractivity contribution is 0.0693. The van der Waals surface area contributed by atoms with Gasteiger partial charge in [-0.3, -0.25) is 0 Å². The van der Waals surface area contributed by atoms with Gasteiger partial charge in [-0.15, -0.1) is 0 Å². The molecule has 0 aromatic heterocycles. The first-order chi connectivity index (χ1) is 13.3. The first-order valence-corrected chi connectivity index (χ1v) is 10.0. The van der Waals surface area contributed by atoms with Crippen LogP contribution in [0.3, 0.4) is 0 Å². The van der Waals surface area contributed by atoms with E-state index in [-0.39, 0.29) is 28.6 Å². The lowest BCUT2D eigenvalue weighted by Gasteiger charge is -2.09. The average Bonchev–Trinajstić information content (AvgIpc) is 2.68. The molecule has 0 amide bonds. The Morgan fingerprint density at radius 2 is 1.54 bits per heavy atom. The standard InChI is InChI=1S/C21H18O6S/c22-20-12-17(10-11-19(20)21(23)24)27-13-15-6-8-16(9-7-15)14-28(25,26)18-4-2-1-3-5-18/h1-12,22H,13-14H2,(H,23,24). The SMILES string of the molecule is O=C(O)c1ccc(OCc2ccc(CS(=O)(=O)c3ccccc3)cc2)cc1O. The number of rotatable bonds is 7. The van der Waals surface area contributed by atoms with E-state index in [2.05, 4.69) is 0 Å². The molecule has 3 aromatic carbocycles. The van der Waals surface area contributed by atoms with Crippen molar-refractivity contribution in [2.75, 3.05) is 0 Å². The summed E-state index contributed by atoms with van der Waals surface area (Å²) >= 11 is 0. The Morgan fingerprint density at radius 3 is 2.14 bits per heavy atom. The number of hydrogen-bond donors (Lipinski definition) is 2. The molecule has 7 heteroatoms. The summed E-state index contributed by atoms with van der Waals surface area (Å²) in [5.41, 5.74) is 1.27. The fourth-order valence-corrected chi connectivity index (χ4v) is 3.98. The Balaban J connectivity index is 1.63. The second-order valence-electron chi connectivity index (χ2n) is 6.16. The van der Waals surface area contributed by atoms with Crippen LogP contribution < -0.4 is 4.74 Å². The van der Waals surface area contributed by atoms with E-state index in [1.807, 2.05) is 0 Å². The van der Waals surface area contributed by atoms with Gasteiger partial charge in [-0.1, -0.05) is 42.5 Å². The van der Waals surface area contributed by atoms with Crippen molar-refractivity contribution in [2.45, 2.75) is 17.3 Å². The summed E-state index contributed by atoms with van der Waals surface area (Å²) in [7, 11) is -3.40. The first kappa shape index (κ1) is 19.4. The molecule has 0 spiro atoms. The van der Waals surface area contributed by atoms with Crippen molar-refractivity contribution < 1.29 is 28.2 Å². The van der Waals surface area contributed by atoms with E-state index in [4.69, 9.17) is 9.84 Å². The molecule has 0 aliphatic heterocycles. The predicted molar refractivity (Wildman–Crippen MR) is 103 cm³/mol. The lowest BCUT2D eigenvalue weighted by atomic mass is 10.1. The molecule has 0 fully saturated rings. The maximum absolute atomic E-state index is 12.4. The van der Waals surface area contributed by atoms with Crippen molar-refractivity contribution in [3.05, 3.63) is 89.5 Å². The number of carboxylic acid groups (broad SMARTS) is 1. The topological polar surface area (TPSA) is 101 Å². The largest absolute Gasteiger partial charge is 0.507 e. The highest BCUT2D eigenvalue weighted by Gasteiger charge is 2.15. The van der Waals surface area contributed by atoms with E-state index in [1.54, 1.807) is 54.6 Å². The zero-order valence-corrected chi connectivity index (χ0v) is 15.6. The first-order valence-electron chi connectivity index (χ1n) is 8.40. The van der Waals surface area contributed by atoms with Crippen LogP contribution in [-0.2, 0) is 22.2 Å². The van der Waals surface area contributed by atoms with Crippen molar-refractivity contribution in [3.63, 3.8) is 0 Å². The number of carbonyl (C=O) groups is 1. The molecular formula is C21H18O6S. The summed E-state index contributed by atoms with van der Waals surface area (Å²) in [5.74, 6) is -1.35. The molecule has 0 aliphatic rings. The van der Waals surface area contributed by atoms with Crippen molar-refractivity contribution >= 4 is 15.8 Å². The van der Waals surface area contributed by atoms with Gasteiger partial charge in [0.25, 0.3) is 0 Å². The Bertz CT molecular complexity index is 1070. The number of benzene rings is 3. The molecule has 6 nitrogen and oxygen atoms in total. The number of phenols is 1. The highest BCUT2D eigenvalue weighted by molar-refractivity contribution is 7.90. The minimum absolute atomic E-state index is 0.0946. The van der Waals surface area contributed by atoms with Gasteiger partial charge in [0.2, 0.25) is 0 Å². The average molecular weight is 398 g/mol. The molecule has 0 atom stereocenters. The van der Waals surface area contributed by atoms with E-state index in [1.165, 1.54) is 18.2 Å². The summed E-state index contributed by atoms with van der Waals surface area (Å²) in [6, 6.07) is 19.2. The minimum atomic E-state index is -3.40. The quantitative estimate of drug-likeness (QED) is 0.630. The number of aromatic carboxylic acids is 1. The smallest absolute Gasteiger partial charge is 0.339 e. The van der Waals surface area contributed by atoms with Crippen LogP contribution in [0.2, 0.25) is 0 Å². The zero-order valence-electron chi connectivity index (χ0n) is 14.8. The van der Waals surface area contributed by atoms with Crippen LogP contribution in [-0.4, -0.2) is 24.6 Å². The highest BCUT2D eigenvalue weighted by Crippen LogP contribution is 2.24. The van der Waals surface area contributed by atoms with Crippen molar-refractivity contribution in [1.82, 2.24) is 0 Å². The van der Waals surface area contributed by atoms with Crippen LogP contribution in [0, 0.1) is 0 Å². The summed E-state index contributed by atoms with van der Waals surface area (Å²) in [6.07, 6.45) is 0. The molecule has 0 saturated carbocycles. The summed E-state index contributed by atoms with van der Waals surface area (Å²) in [5, 5.41) is 18.6. The molecule has 0 radical (unpaired) electrons. The van der Waals surface area contributed by atoms with Gasteiger partial charge in [0, 0.05) is 6.07 Å². The molecule has 28 heavy (non-hydrogen) atoms. The maximum Gasteiger partial charge on any atom is 0.339 e. The summed E-state index contributed by atoms with van der Waals surface area (Å²) < 4.78 is 30.4. The fourth-order valence-electron chi connectivity index (χ4n) is 2.61. The van der Waals surface area contributed by atoms with Gasteiger partial charge in [0.1, 0.15) is 23.7 Å². The van der Waals surface area contributed by atoms with E-state index in [0.717, 1.165) is 5.56 Å². The molecule has 0 heterocycles. The van der Waals surface area contributed by atoms with Gasteiger partial charge in [-0.05, 0) is 35.4 Å². The monoisotopic (exact) mass is 398 g/mol. The Hall–Kier alpha value is -3.32. The van der Waals surface area contributed by atoms with Gasteiger partial charge < -0.3 is 14.9 Å².